The van der Waals surface area contributed by atoms with E-state index in [4.69, 9.17) is 4.74 Å². The van der Waals surface area contributed by atoms with E-state index in [-0.39, 0.29) is 29.2 Å². The van der Waals surface area contributed by atoms with Crippen LogP contribution in [0.25, 0.3) is 0 Å². The summed E-state index contributed by atoms with van der Waals surface area (Å²) in [6.07, 6.45) is 0.530. The van der Waals surface area contributed by atoms with Crippen molar-refractivity contribution in [3.63, 3.8) is 0 Å². The molecule has 25 heavy (non-hydrogen) atoms. The zero-order chi connectivity index (χ0) is 18.7. The molecule has 10 heteroatoms. The van der Waals surface area contributed by atoms with Crippen LogP contribution in [-0.2, 0) is 24.4 Å². The number of carbonyl (C=O) groups is 1. The maximum Gasteiger partial charge on any atom is 0.254 e. The second-order valence-electron chi connectivity index (χ2n) is 5.81. The van der Waals surface area contributed by atoms with Crippen LogP contribution in [0.15, 0.2) is 23.1 Å². The first-order valence-electron chi connectivity index (χ1n) is 7.68. The van der Waals surface area contributed by atoms with Crippen LogP contribution in [0.1, 0.15) is 23.2 Å². The lowest BCUT2D eigenvalue weighted by Crippen LogP contribution is -2.27. The number of rotatable bonds is 7. The normalized spacial score (nSPS) is 19.7. The third kappa shape index (κ3) is 4.77. The molecule has 140 valence electrons. The fourth-order valence-electron chi connectivity index (χ4n) is 2.57. The lowest BCUT2D eigenvalue weighted by molar-refractivity contribution is 0.0944. The van der Waals surface area contributed by atoms with Gasteiger partial charge < -0.3 is 10.1 Å². The first-order valence-corrected chi connectivity index (χ1v) is 11.0. The topological polar surface area (TPSA) is 107 Å². The van der Waals surface area contributed by atoms with E-state index in [9.17, 15) is 26.0 Å². The summed E-state index contributed by atoms with van der Waals surface area (Å²) >= 11 is 0. The van der Waals surface area contributed by atoms with E-state index in [2.05, 4.69) is 5.32 Å². The van der Waals surface area contributed by atoms with Crippen LogP contribution in [0, 0.1) is 5.82 Å². The quantitative estimate of drug-likeness (QED) is 0.536. The minimum absolute atomic E-state index is 0.000586. The Bertz CT molecular complexity index is 851. The second kappa shape index (κ2) is 7.79. The number of methoxy groups -OCH3 is 1. The molecule has 0 aliphatic carbocycles. The number of halogens is 1. The van der Waals surface area contributed by atoms with Gasteiger partial charge in [-0.1, -0.05) is 0 Å². The van der Waals surface area contributed by atoms with Crippen molar-refractivity contribution in [3.05, 3.63) is 29.6 Å². The van der Waals surface area contributed by atoms with Crippen LogP contribution in [0.5, 0.6) is 0 Å². The minimum atomic E-state index is -3.96. The summed E-state index contributed by atoms with van der Waals surface area (Å²) in [5.41, 5.74) is -0.389. The van der Waals surface area contributed by atoms with Gasteiger partial charge in [0.25, 0.3) is 5.91 Å². The van der Waals surface area contributed by atoms with Crippen LogP contribution in [0.2, 0.25) is 0 Å². The van der Waals surface area contributed by atoms with Crippen molar-refractivity contribution >= 4 is 25.6 Å². The number of benzene rings is 1. The number of hydrogen-bond acceptors (Lipinski definition) is 6. The lowest BCUT2D eigenvalue weighted by Gasteiger charge is -2.12. The number of nitrogens with one attached hydrogen (secondary N) is 1. The summed E-state index contributed by atoms with van der Waals surface area (Å²) in [5, 5.41) is 1.42. The Balaban J connectivity index is 2.22. The molecule has 1 amide bonds. The Morgan fingerprint density at radius 1 is 1.40 bits per heavy atom. The first-order chi connectivity index (χ1) is 11.7. The van der Waals surface area contributed by atoms with Gasteiger partial charge in [-0.15, -0.1) is 0 Å². The largest absolute Gasteiger partial charge is 0.385 e. The number of carbonyl (C=O) groups excluding carboxylic acids is 1. The molecule has 0 aromatic heterocycles. The van der Waals surface area contributed by atoms with Gasteiger partial charge in [0.15, 0.2) is 19.7 Å². The zero-order valence-corrected chi connectivity index (χ0v) is 15.3. The van der Waals surface area contributed by atoms with Crippen LogP contribution in [-0.4, -0.2) is 59.8 Å². The fraction of sp³-hybridized carbons (Fsp3) is 0.533. The summed E-state index contributed by atoms with van der Waals surface area (Å²) in [5.74, 6) is -2.22. The molecule has 0 unspecified atom stereocenters. The van der Waals surface area contributed by atoms with Crippen molar-refractivity contribution in [2.75, 3.05) is 31.8 Å². The van der Waals surface area contributed by atoms with Crippen LogP contribution in [0.3, 0.4) is 0 Å². The fourth-order valence-corrected chi connectivity index (χ4v) is 6.95. The van der Waals surface area contributed by atoms with Crippen molar-refractivity contribution in [1.82, 2.24) is 5.32 Å². The van der Waals surface area contributed by atoms with E-state index >= 15 is 0 Å². The van der Waals surface area contributed by atoms with Crippen LogP contribution in [0.4, 0.5) is 4.39 Å². The van der Waals surface area contributed by atoms with Gasteiger partial charge in [-0.2, -0.15) is 0 Å². The number of amides is 1. The molecule has 7 nitrogen and oxygen atoms in total. The molecule has 1 saturated heterocycles. The van der Waals surface area contributed by atoms with Gasteiger partial charge in [-0.25, -0.2) is 21.2 Å². The van der Waals surface area contributed by atoms with Gasteiger partial charge in [0.2, 0.25) is 0 Å². The van der Waals surface area contributed by atoms with Gasteiger partial charge in [0.05, 0.1) is 27.2 Å². The number of hydrogen-bond donors (Lipinski definition) is 1. The monoisotopic (exact) mass is 393 g/mol. The Morgan fingerprint density at radius 2 is 2.12 bits per heavy atom. The van der Waals surface area contributed by atoms with E-state index in [0.29, 0.717) is 13.0 Å². The molecule has 1 aromatic rings. The number of ether oxygens (including phenoxy) is 1. The molecule has 1 aliphatic rings. The molecule has 1 fully saturated rings. The highest BCUT2D eigenvalue weighted by Crippen LogP contribution is 2.26. The Labute approximate surface area is 146 Å². The maximum absolute atomic E-state index is 13.9. The highest BCUT2D eigenvalue weighted by atomic mass is 32.2. The lowest BCUT2D eigenvalue weighted by atomic mass is 10.2. The Morgan fingerprint density at radius 3 is 2.72 bits per heavy atom. The summed E-state index contributed by atoms with van der Waals surface area (Å²) < 4.78 is 66.9. The maximum atomic E-state index is 13.9. The van der Waals surface area contributed by atoms with E-state index in [1.54, 1.807) is 0 Å². The molecule has 1 N–H and O–H groups in total. The first kappa shape index (κ1) is 19.8. The molecule has 2 rings (SSSR count). The third-order valence-electron chi connectivity index (χ3n) is 3.95. The molecular formula is C15H20FNO6S2. The van der Waals surface area contributed by atoms with E-state index in [1.807, 2.05) is 0 Å². The van der Waals surface area contributed by atoms with Gasteiger partial charge >= 0.3 is 0 Å². The molecular weight excluding hydrogens is 373 g/mol. The van der Waals surface area contributed by atoms with Crippen molar-refractivity contribution in [2.24, 2.45) is 0 Å². The average molecular weight is 393 g/mol. The number of sulfone groups is 2. The van der Waals surface area contributed by atoms with Gasteiger partial charge in [-0.3, -0.25) is 4.79 Å². The predicted molar refractivity (Wildman–Crippen MR) is 89.5 cm³/mol. The van der Waals surface area contributed by atoms with Crippen molar-refractivity contribution in [3.8, 4) is 0 Å². The second-order valence-corrected chi connectivity index (χ2v) is 10.3. The summed E-state index contributed by atoms with van der Waals surface area (Å²) in [6.45, 7) is 0.678. The standard InChI is InChI=1S/C15H20FNO6S2/c1-23-7-2-6-17-15(18)13-9-11(3-4-14(13)16)25(21,22)12-5-8-24(19,20)10-12/h3-4,9,12H,2,5-8,10H2,1H3,(H,17,18)/t12-/m1/s1. The van der Waals surface area contributed by atoms with Crippen molar-refractivity contribution in [2.45, 2.75) is 23.0 Å². The molecule has 0 radical (unpaired) electrons. The molecule has 0 bridgehead atoms. The van der Waals surface area contributed by atoms with Gasteiger partial charge in [0, 0.05) is 20.3 Å². The van der Waals surface area contributed by atoms with Crippen molar-refractivity contribution < 1.29 is 30.8 Å². The van der Waals surface area contributed by atoms with E-state index < -0.39 is 42.4 Å². The van der Waals surface area contributed by atoms with E-state index in [1.165, 1.54) is 7.11 Å². The van der Waals surface area contributed by atoms with E-state index in [0.717, 1.165) is 18.2 Å². The Kier molecular flexibility index (Phi) is 6.17. The van der Waals surface area contributed by atoms with Gasteiger partial charge in [-0.05, 0) is 31.0 Å². The highest BCUT2D eigenvalue weighted by molar-refractivity contribution is 7.96. The SMILES string of the molecule is COCCCNC(=O)c1cc(S(=O)(=O)[C@@H]2CCS(=O)(=O)C2)ccc1F. The summed E-state index contributed by atoms with van der Waals surface area (Å²) in [4.78, 5) is 11.8. The van der Waals surface area contributed by atoms with Crippen LogP contribution < -0.4 is 5.32 Å². The molecule has 1 aliphatic heterocycles. The molecule has 0 saturated carbocycles. The molecule has 1 atom stereocenters. The summed E-state index contributed by atoms with van der Waals surface area (Å²) in [7, 11) is -5.83. The van der Waals surface area contributed by atoms with Crippen molar-refractivity contribution in [1.29, 1.82) is 0 Å². The zero-order valence-electron chi connectivity index (χ0n) is 13.7. The molecule has 1 heterocycles. The van der Waals surface area contributed by atoms with Crippen LogP contribution >= 0.6 is 0 Å². The smallest absolute Gasteiger partial charge is 0.254 e. The third-order valence-corrected chi connectivity index (χ3v) is 8.12. The minimum Gasteiger partial charge on any atom is -0.385 e. The summed E-state index contributed by atoms with van der Waals surface area (Å²) in [6, 6.07) is 2.92. The average Bonchev–Trinajstić information content (AvgIpc) is 2.92. The highest BCUT2D eigenvalue weighted by Gasteiger charge is 2.38. The predicted octanol–water partition coefficient (Wildman–Crippen LogP) is 0.553. The Hall–Kier alpha value is -1.52. The molecule has 0 spiro atoms. The molecule has 1 aromatic carbocycles. The van der Waals surface area contributed by atoms with Gasteiger partial charge in [0.1, 0.15) is 5.82 Å².